The first-order chi connectivity index (χ1) is 16.0. The minimum absolute atomic E-state index is 0.189. The van der Waals surface area contributed by atoms with Gasteiger partial charge in [-0.3, -0.25) is 4.79 Å². The fourth-order valence-electron chi connectivity index (χ4n) is 4.32. The Morgan fingerprint density at radius 2 is 1.79 bits per heavy atom. The molecule has 1 aliphatic rings. The van der Waals surface area contributed by atoms with Crippen LogP contribution in [0.25, 0.3) is 16.7 Å². The van der Waals surface area contributed by atoms with E-state index in [1.54, 1.807) is 6.07 Å². The summed E-state index contributed by atoms with van der Waals surface area (Å²) in [7, 11) is 1.41. The topological polar surface area (TPSA) is 35.5 Å². The third kappa shape index (κ3) is 5.70. The van der Waals surface area contributed by atoms with Gasteiger partial charge in [0, 0.05) is 6.42 Å². The number of aryl methyl sites for hydroxylation is 2. The monoisotopic (exact) mass is 444 g/mol. The smallest absolute Gasteiger partial charge is 0.305 e. The van der Waals surface area contributed by atoms with Crippen LogP contribution in [0.3, 0.4) is 0 Å². The lowest BCUT2D eigenvalue weighted by Crippen LogP contribution is -2.02. The molecule has 170 valence electrons. The second-order valence-electron chi connectivity index (χ2n) is 8.46. The van der Waals surface area contributed by atoms with Gasteiger partial charge in [-0.05, 0) is 95.8 Å². The fourth-order valence-corrected chi connectivity index (χ4v) is 4.32. The van der Waals surface area contributed by atoms with Gasteiger partial charge in [-0.25, -0.2) is 4.39 Å². The molecular weight excluding hydrogens is 415 g/mol. The number of carbonyl (C=O) groups excluding carboxylic acids is 1. The fraction of sp³-hybridized carbons (Fsp3) is 0.276. The molecule has 4 heteroatoms. The molecule has 0 saturated carbocycles. The number of halogens is 1. The summed E-state index contributed by atoms with van der Waals surface area (Å²) in [6.45, 7) is 2.43. The number of benzene rings is 3. The van der Waals surface area contributed by atoms with Crippen LogP contribution in [0.2, 0.25) is 0 Å². The van der Waals surface area contributed by atoms with Gasteiger partial charge in [0.2, 0.25) is 0 Å². The molecule has 0 heterocycles. The molecule has 0 aromatic heterocycles. The molecule has 3 aromatic rings. The van der Waals surface area contributed by atoms with Crippen LogP contribution in [0.1, 0.15) is 48.4 Å². The van der Waals surface area contributed by atoms with Crippen molar-refractivity contribution in [3.63, 3.8) is 0 Å². The van der Waals surface area contributed by atoms with Crippen molar-refractivity contribution in [1.29, 1.82) is 0 Å². The van der Waals surface area contributed by atoms with Crippen molar-refractivity contribution in [3.8, 4) is 16.9 Å². The van der Waals surface area contributed by atoms with Gasteiger partial charge in [0.1, 0.15) is 18.2 Å². The predicted octanol–water partition coefficient (Wildman–Crippen LogP) is 6.92. The largest absolute Gasteiger partial charge is 0.489 e. The summed E-state index contributed by atoms with van der Waals surface area (Å²) < 4.78 is 24.8. The van der Waals surface area contributed by atoms with Crippen molar-refractivity contribution < 1.29 is 18.7 Å². The van der Waals surface area contributed by atoms with Gasteiger partial charge in [0.05, 0.1) is 7.11 Å². The second-order valence-corrected chi connectivity index (χ2v) is 8.46. The van der Waals surface area contributed by atoms with Crippen LogP contribution in [0.15, 0.2) is 66.7 Å². The quantitative estimate of drug-likeness (QED) is 0.354. The molecule has 0 fully saturated rings. The summed E-state index contributed by atoms with van der Waals surface area (Å²) >= 11 is 0. The average Bonchev–Trinajstić information content (AvgIpc) is 2.83. The molecule has 0 bridgehead atoms. The highest BCUT2D eigenvalue weighted by atomic mass is 19.1. The highest BCUT2D eigenvalue weighted by Gasteiger charge is 2.13. The van der Waals surface area contributed by atoms with Crippen LogP contribution in [0, 0.1) is 5.82 Å². The lowest BCUT2D eigenvalue weighted by Gasteiger charge is -2.18. The zero-order valence-electron chi connectivity index (χ0n) is 19.2. The number of hydrogen-bond donors (Lipinski definition) is 0. The standard InChI is InChI=1S/C29H29FO3/c1-20-5-3-7-22-17-23(11-15-27(20)22)28-16-12-25(30)18-24(28)19-33-26-13-9-21(10-14-26)6-4-8-29(31)32-2/h5,9-18H,3-4,6-8,19H2,1-2H3. The highest BCUT2D eigenvalue weighted by Crippen LogP contribution is 2.32. The number of esters is 1. The van der Waals surface area contributed by atoms with E-state index in [1.807, 2.05) is 30.3 Å². The SMILES string of the molecule is COC(=O)CCCc1ccc(OCc2cc(F)ccc2-c2ccc3c(c2)CCC=C3C)cc1. The molecule has 3 nitrogen and oxygen atoms in total. The van der Waals surface area contributed by atoms with E-state index in [-0.39, 0.29) is 18.4 Å². The molecule has 0 N–H and O–H groups in total. The van der Waals surface area contributed by atoms with Crippen molar-refractivity contribution in [2.24, 2.45) is 0 Å². The molecule has 0 aliphatic heterocycles. The van der Waals surface area contributed by atoms with Crippen molar-refractivity contribution in [2.45, 2.75) is 45.6 Å². The van der Waals surface area contributed by atoms with Gasteiger partial charge in [-0.15, -0.1) is 0 Å². The Hall–Kier alpha value is -3.40. The van der Waals surface area contributed by atoms with Crippen molar-refractivity contribution >= 4 is 11.5 Å². The Bertz CT molecular complexity index is 1160. The van der Waals surface area contributed by atoms with E-state index in [9.17, 15) is 9.18 Å². The molecule has 33 heavy (non-hydrogen) atoms. The van der Waals surface area contributed by atoms with E-state index in [1.165, 1.54) is 29.9 Å². The molecule has 0 saturated heterocycles. The maximum Gasteiger partial charge on any atom is 0.305 e. The third-order valence-corrected chi connectivity index (χ3v) is 6.16. The Balaban J connectivity index is 1.46. The minimum Gasteiger partial charge on any atom is -0.489 e. The van der Waals surface area contributed by atoms with Crippen molar-refractivity contribution in [2.75, 3.05) is 7.11 Å². The number of hydrogen-bond acceptors (Lipinski definition) is 3. The number of methoxy groups -OCH3 is 1. The number of rotatable bonds is 8. The number of ether oxygens (including phenoxy) is 2. The highest BCUT2D eigenvalue weighted by molar-refractivity contribution is 5.75. The van der Waals surface area contributed by atoms with Gasteiger partial charge in [0.25, 0.3) is 0 Å². The molecule has 0 radical (unpaired) electrons. The first-order valence-corrected chi connectivity index (χ1v) is 11.4. The average molecular weight is 445 g/mol. The van der Waals surface area contributed by atoms with Crippen molar-refractivity contribution in [1.82, 2.24) is 0 Å². The normalized spacial score (nSPS) is 12.6. The zero-order valence-corrected chi connectivity index (χ0v) is 19.2. The Morgan fingerprint density at radius 3 is 2.58 bits per heavy atom. The van der Waals surface area contributed by atoms with E-state index in [4.69, 9.17) is 4.74 Å². The van der Waals surface area contributed by atoms with Gasteiger partial charge >= 0.3 is 5.97 Å². The molecule has 1 aliphatic carbocycles. The van der Waals surface area contributed by atoms with E-state index in [0.717, 1.165) is 53.7 Å². The summed E-state index contributed by atoms with van der Waals surface area (Å²) in [5.41, 5.74) is 7.99. The minimum atomic E-state index is -0.268. The van der Waals surface area contributed by atoms with Crippen LogP contribution >= 0.6 is 0 Å². The van der Waals surface area contributed by atoms with E-state index in [2.05, 4.69) is 35.9 Å². The molecule has 4 rings (SSSR count). The first-order valence-electron chi connectivity index (χ1n) is 11.4. The second kappa shape index (κ2) is 10.5. The summed E-state index contributed by atoms with van der Waals surface area (Å²) in [6.07, 6.45) is 6.32. The number of carbonyl (C=O) groups is 1. The summed E-state index contributed by atoms with van der Waals surface area (Å²) in [5, 5.41) is 0. The number of allylic oxidation sites excluding steroid dienone is 2. The van der Waals surface area contributed by atoms with Gasteiger partial charge in [-0.1, -0.05) is 42.5 Å². The van der Waals surface area contributed by atoms with E-state index < -0.39 is 0 Å². The van der Waals surface area contributed by atoms with Crippen LogP contribution in [-0.4, -0.2) is 13.1 Å². The summed E-state index contributed by atoms with van der Waals surface area (Å²) in [5.74, 6) is 0.273. The van der Waals surface area contributed by atoms with E-state index >= 15 is 0 Å². The Morgan fingerprint density at radius 1 is 1.00 bits per heavy atom. The molecular formula is C29H29FO3. The van der Waals surface area contributed by atoms with Crippen LogP contribution < -0.4 is 4.74 Å². The summed E-state index contributed by atoms with van der Waals surface area (Å²) in [4.78, 5) is 11.2. The van der Waals surface area contributed by atoms with Gasteiger partial charge in [0.15, 0.2) is 0 Å². The Labute approximate surface area is 194 Å². The lowest BCUT2D eigenvalue weighted by atomic mass is 9.88. The maximum absolute atomic E-state index is 14.1. The third-order valence-electron chi connectivity index (χ3n) is 6.16. The van der Waals surface area contributed by atoms with Gasteiger partial charge < -0.3 is 9.47 Å². The zero-order chi connectivity index (χ0) is 23.2. The lowest BCUT2D eigenvalue weighted by molar-refractivity contribution is -0.140. The Kier molecular flexibility index (Phi) is 7.23. The van der Waals surface area contributed by atoms with Crippen LogP contribution in [0.4, 0.5) is 4.39 Å². The van der Waals surface area contributed by atoms with Crippen molar-refractivity contribution in [3.05, 3.63) is 94.8 Å². The molecule has 3 aromatic carbocycles. The molecule has 0 amide bonds. The first kappa shape index (κ1) is 22.8. The number of fused-ring (bicyclic) bond motifs is 1. The summed E-state index contributed by atoms with van der Waals surface area (Å²) in [6, 6.07) is 19.2. The molecule has 0 atom stereocenters. The predicted molar refractivity (Wildman–Crippen MR) is 130 cm³/mol. The molecule has 0 unspecified atom stereocenters. The van der Waals surface area contributed by atoms with Gasteiger partial charge in [-0.2, -0.15) is 0 Å². The molecule has 0 spiro atoms. The maximum atomic E-state index is 14.1. The van der Waals surface area contributed by atoms with Crippen LogP contribution in [0.5, 0.6) is 5.75 Å². The van der Waals surface area contributed by atoms with Crippen LogP contribution in [-0.2, 0) is 29.0 Å². The van der Waals surface area contributed by atoms with E-state index in [0.29, 0.717) is 6.42 Å².